The minimum absolute atomic E-state index is 0.0239. The monoisotopic (exact) mass is 238 g/mol. The first kappa shape index (κ1) is 12.9. The summed E-state index contributed by atoms with van der Waals surface area (Å²) in [4.78, 5) is 26.9. The minimum Gasteiger partial charge on any atom is -0.355 e. The Morgan fingerprint density at radius 3 is 2.76 bits per heavy atom. The van der Waals surface area contributed by atoms with Gasteiger partial charge in [-0.25, -0.2) is 4.98 Å². The van der Waals surface area contributed by atoms with Crippen LogP contribution in [0.15, 0.2) is 12.3 Å². The third-order valence-electron chi connectivity index (χ3n) is 2.11. The molecular formula is C10H14N4O3. The maximum Gasteiger partial charge on any atom is 0.311 e. The Morgan fingerprint density at radius 1 is 1.59 bits per heavy atom. The van der Waals surface area contributed by atoms with Crippen molar-refractivity contribution in [1.29, 1.82) is 0 Å². The second kappa shape index (κ2) is 5.24. The lowest BCUT2D eigenvalue weighted by Crippen LogP contribution is -2.29. The number of carbonyl (C=O) groups is 1. The molecule has 0 unspecified atom stereocenters. The summed E-state index contributed by atoms with van der Waals surface area (Å²) in [5.74, 6) is -0.0718. The molecular weight excluding hydrogens is 224 g/mol. The zero-order valence-electron chi connectivity index (χ0n) is 9.93. The number of nitrogens with zero attached hydrogens (tertiary/aromatic N) is 3. The van der Waals surface area contributed by atoms with E-state index in [0.717, 1.165) is 0 Å². The maximum atomic E-state index is 11.3. The predicted molar refractivity (Wildman–Crippen MR) is 62.8 cm³/mol. The third kappa shape index (κ3) is 3.40. The molecule has 17 heavy (non-hydrogen) atoms. The van der Waals surface area contributed by atoms with Crippen LogP contribution in [-0.4, -0.2) is 41.4 Å². The number of nitrogens with one attached hydrogen (secondary N) is 1. The van der Waals surface area contributed by atoms with E-state index in [-0.39, 0.29) is 24.0 Å². The maximum absolute atomic E-state index is 11.3. The molecule has 0 fully saturated rings. The Labute approximate surface area is 98.6 Å². The van der Waals surface area contributed by atoms with Crippen LogP contribution < -0.4 is 5.32 Å². The van der Waals surface area contributed by atoms with Crippen LogP contribution in [0.4, 0.5) is 11.5 Å². The van der Waals surface area contributed by atoms with E-state index in [0.29, 0.717) is 5.56 Å². The lowest BCUT2D eigenvalue weighted by Gasteiger charge is -2.11. The third-order valence-corrected chi connectivity index (χ3v) is 2.11. The van der Waals surface area contributed by atoms with Gasteiger partial charge in [-0.3, -0.25) is 14.9 Å². The van der Waals surface area contributed by atoms with Crippen LogP contribution in [0.1, 0.15) is 5.56 Å². The molecule has 1 N–H and O–H groups in total. The van der Waals surface area contributed by atoms with Gasteiger partial charge < -0.3 is 10.2 Å². The number of carbonyl (C=O) groups excluding carboxylic acids is 1. The van der Waals surface area contributed by atoms with Crippen molar-refractivity contribution in [3.63, 3.8) is 0 Å². The summed E-state index contributed by atoms with van der Waals surface area (Å²) in [6, 6.07) is 1.41. The van der Waals surface area contributed by atoms with Crippen LogP contribution in [0.5, 0.6) is 0 Å². The number of hydrogen-bond acceptors (Lipinski definition) is 5. The molecule has 0 bridgehead atoms. The van der Waals surface area contributed by atoms with Gasteiger partial charge in [-0.15, -0.1) is 0 Å². The largest absolute Gasteiger partial charge is 0.355 e. The van der Waals surface area contributed by atoms with E-state index >= 15 is 0 Å². The normalized spacial score (nSPS) is 9.82. The number of likely N-dealkylation sites (N-methyl/N-ethyl adjacent to an activating group) is 1. The molecule has 1 amide bonds. The Balaban J connectivity index is 2.84. The summed E-state index contributed by atoms with van der Waals surface area (Å²) < 4.78 is 0. The van der Waals surface area contributed by atoms with Crippen molar-refractivity contribution in [3.8, 4) is 0 Å². The molecule has 0 saturated heterocycles. The van der Waals surface area contributed by atoms with Gasteiger partial charge in [-0.05, 0) is 12.5 Å². The smallest absolute Gasteiger partial charge is 0.311 e. The van der Waals surface area contributed by atoms with Gasteiger partial charge in [0, 0.05) is 26.4 Å². The van der Waals surface area contributed by atoms with Gasteiger partial charge in [0.1, 0.15) is 0 Å². The van der Waals surface area contributed by atoms with Crippen molar-refractivity contribution >= 4 is 17.4 Å². The summed E-state index contributed by atoms with van der Waals surface area (Å²) >= 11 is 0. The highest BCUT2D eigenvalue weighted by Gasteiger charge is 2.16. The van der Waals surface area contributed by atoms with Gasteiger partial charge in [0.25, 0.3) is 0 Å². The number of nitro groups is 1. The summed E-state index contributed by atoms with van der Waals surface area (Å²) in [6.07, 6.45) is 1.51. The first-order valence-electron chi connectivity index (χ1n) is 4.97. The van der Waals surface area contributed by atoms with Gasteiger partial charge in [-0.1, -0.05) is 0 Å². The van der Waals surface area contributed by atoms with Crippen molar-refractivity contribution in [3.05, 3.63) is 27.9 Å². The highest BCUT2D eigenvalue weighted by Crippen LogP contribution is 2.21. The zero-order chi connectivity index (χ0) is 13.0. The second-order valence-corrected chi connectivity index (χ2v) is 3.78. The Bertz CT molecular complexity index is 445. The molecule has 0 aliphatic heterocycles. The molecule has 1 heterocycles. The van der Waals surface area contributed by atoms with Crippen LogP contribution >= 0.6 is 0 Å². The molecule has 0 aliphatic carbocycles. The summed E-state index contributed by atoms with van der Waals surface area (Å²) in [7, 11) is 3.22. The molecule has 0 spiro atoms. The molecule has 7 heteroatoms. The summed E-state index contributed by atoms with van der Waals surface area (Å²) in [5, 5.41) is 13.4. The quantitative estimate of drug-likeness (QED) is 0.619. The molecule has 0 radical (unpaired) electrons. The number of aryl methyl sites for hydroxylation is 1. The van der Waals surface area contributed by atoms with Crippen LogP contribution in [-0.2, 0) is 4.79 Å². The molecule has 92 valence electrons. The highest BCUT2D eigenvalue weighted by atomic mass is 16.6. The number of hydrogen-bond donors (Lipinski definition) is 1. The Kier molecular flexibility index (Phi) is 3.97. The van der Waals surface area contributed by atoms with Gasteiger partial charge in [-0.2, -0.15) is 0 Å². The molecule has 1 aromatic rings. The van der Waals surface area contributed by atoms with E-state index < -0.39 is 4.92 Å². The van der Waals surface area contributed by atoms with E-state index in [9.17, 15) is 14.9 Å². The van der Waals surface area contributed by atoms with Crippen molar-refractivity contribution in [2.45, 2.75) is 6.92 Å². The fourth-order valence-electron chi connectivity index (χ4n) is 1.15. The minimum atomic E-state index is -0.525. The van der Waals surface area contributed by atoms with Gasteiger partial charge in [0.05, 0.1) is 11.5 Å². The van der Waals surface area contributed by atoms with Crippen LogP contribution in [0.2, 0.25) is 0 Å². The summed E-state index contributed by atoms with van der Waals surface area (Å²) in [5.41, 5.74) is 0.567. The van der Waals surface area contributed by atoms with Crippen molar-refractivity contribution in [1.82, 2.24) is 9.88 Å². The topological polar surface area (TPSA) is 88.4 Å². The number of anilines is 1. The number of aromatic nitrogens is 1. The lowest BCUT2D eigenvalue weighted by molar-refractivity contribution is -0.384. The highest BCUT2D eigenvalue weighted by molar-refractivity contribution is 5.80. The molecule has 0 saturated carbocycles. The zero-order valence-corrected chi connectivity index (χ0v) is 9.93. The SMILES string of the molecule is Cc1cnc(NCC(=O)N(C)C)c([N+](=O)[O-])c1. The van der Waals surface area contributed by atoms with Gasteiger partial charge >= 0.3 is 5.69 Å². The van der Waals surface area contributed by atoms with Crippen LogP contribution in [0.25, 0.3) is 0 Å². The van der Waals surface area contributed by atoms with E-state index in [4.69, 9.17) is 0 Å². The van der Waals surface area contributed by atoms with E-state index in [1.165, 1.54) is 17.2 Å². The number of amides is 1. The first-order chi connectivity index (χ1) is 7.91. The fraction of sp³-hybridized carbons (Fsp3) is 0.400. The molecule has 0 atom stereocenters. The average molecular weight is 238 g/mol. The molecule has 0 aliphatic rings. The molecule has 1 rings (SSSR count). The van der Waals surface area contributed by atoms with Crippen LogP contribution in [0.3, 0.4) is 0 Å². The fourth-order valence-corrected chi connectivity index (χ4v) is 1.15. The van der Waals surface area contributed by atoms with E-state index in [1.807, 2.05) is 0 Å². The van der Waals surface area contributed by atoms with E-state index in [2.05, 4.69) is 10.3 Å². The molecule has 1 aromatic heterocycles. The Morgan fingerprint density at radius 2 is 2.24 bits per heavy atom. The standard InChI is InChI=1S/C10H14N4O3/c1-7-4-8(14(16)17)10(11-5-7)12-6-9(15)13(2)3/h4-5H,6H2,1-3H3,(H,11,12). The average Bonchev–Trinajstić information content (AvgIpc) is 2.26. The van der Waals surface area contributed by atoms with E-state index in [1.54, 1.807) is 21.0 Å². The van der Waals surface area contributed by atoms with Crippen LogP contribution in [0, 0.1) is 17.0 Å². The lowest BCUT2D eigenvalue weighted by atomic mass is 10.3. The number of rotatable bonds is 4. The predicted octanol–water partition coefficient (Wildman–Crippen LogP) is 0.798. The second-order valence-electron chi connectivity index (χ2n) is 3.78. The molecule has 0 aromatic carbocycles. The van der Waals surface area contributed by atoms with Crippen molar-refractivity contribution < 1.29 is 9.72 Å². The summed E-state index contributed by atoms with van der Waals surface area (Å²) in [6.45, 7) is 1.69. The van der Waals surface area contributed by atoms with Crippen molar-refractivity contribution in [2.24, 2.45) is 0 Å². The van der Waals surface area contributed by atoms with Gasteiger partial charge in [0.2, 0.25) is 11.7 Å². The van der Waals surface area contributed by atoms with Crippen molar-refractivity contribution in [2.75, 3.05) is 26.0 Å². The molecule has 7 nitrogen and oxygen atoms in total. The Hall–Kier alpha value is -2.18. The first-order valence-corrected chi connectivity index (χ1v) is 4.97. The van der Waals surface area contributed by atoms with Gasteiger partial charge in [0.15, 0.2) is 0 Å². The number of pyridine rings is 1.